The largest absolute Gasteiger partial charge is 0.202 e. The van der Waals surface area contributed by atoms with Gasteiger partial charge in [0.25, 0.3) is 0 Å². The van der Waals surface area contributed by atoms with Crippen LogP contribution in [0.2, 0.25) is 6.55 Å². The molecule has 0 aliphatic rings. The molecule has 0 saturated heterocycles. The van der Waals surface area contributed by atoms with Crippen LogP contribution in [-0.2, 0) is 0 Å². The van der Waals surface area contributed by atoms with Crippen molar-refractivity contribution >= 4 is 47.4 Å². The predicted octanol–water partition coefficient (Wildman–Crippen LogP) is 1.97. The molecule has 0 atom stereocenters. The van der Waals surface area contributed by atoms with E-state index in [-0.39, 0.29) is 3.79 Å². The van der Waals surface area contributed by atoms with Crippen LogP contribution in [-0.4, -0.2) is 3.79 Å². The van der Waals surface area contributed by atoms with E-state index in [1.807, 2.05) is 0 Å². The quantitative estimate of drug-likeness (QED) is 0.364. The zero-order valence-corrected chi connectivity index (χ0v) is 7.57. The van der Waals surface area contributed by atoms with Gasteiger partial charge in [-0.3, -0.25) is 0 Å². The van der Waals surface area contributed by atoms with E-state index >= 15 is 0 Å². The van der Waals surface area contributed by atoms with Crippen molar-refractivity contribution < 1.29 is 0 Å². The Labute approximate surface area is 53.4 Å². The van der Waals surface area contributed by atoms with Crippen molar-refractivity contribution in [3.05, 3.63) is 0 Å². The van der Waals surface area contributed by atoms with Crippen LogP contribution in [0, 0.1) is 0 Å². The topological polar surface area (TPSA) is 0 Å². The Bertz CT molecular complexity index is 10.8. The lowest BCUT2D eigenvalue weighted by Gasteiger charge is -1.68. The third kappa shape index (κ3) is 9.37. The molecule has 0 rings (SSSR count). The maximum atomic E-state index is 2.43. The van der Waals surface area contributed by atoms with Crippen LogP contribution in [0.5, 0.6) is 0 Å². The van der Waals surface area contributed by atoms with Gasteiger partial charge in [-0.2, -0.15) is 0 Å². The van der Waals surface area contributed by atoms with Crippen molar-refractivity contribution in [2.24, 2.45) is 0 Å². The van der Waals surface area contributed by atoms with Gasteiger partial charge in [-0.15, -0.1) is 43.6 Å². The zero-order valence-electron chi connectivity index (χ0n) is 2.26. The summed E-state index contributed by atoms with van der Waals surface area (Å²) in [5, 5.41) is 0. The third-order valence-corrected chi connectivity index (χ3v) is 0. The third-order valence-electron chi connectivity index (χ3n) is 0. The van der Waals surface area contributed by atoms with Crippen molar-refractivity contribution in [3.8, 4) is 0 Å². The molecule has 0 fully saturated rings. The van der Waals surface area contributed by atoms with Crippen LogP contribution < -0.4 is 0 Å². The number of halogens is 2. The van der Waals surface area contributed by atoms with Gasteiger partial charge in [0.2, 0.25) is 3.79 Å². The van der Waals surface area contributed by atoms with Crippen molar-refractivity contribution in [2.45, 2.75) is 6.55 Å². The molecule has 0 aliphatic carbocycles. The molecule has 0 spiro atoms. The lowest BCUT2D eigenvalue weighted by Crippen LogP contribution is -1.68. The predicted molar refractivity (Wildman–Crippen MR) is 39.7 cm³/mol. The summed E-state index contributed by atoms with van der Waals surface area (Å²) in [6.07, 6.45) is 0. The Morgan fingerprint density at radius 3 is 1.50 bits per heavy atom. The highest BCUT2D eigenvalue weighted by Gasteiger charge is 1.80. The molecule has 0 aliphatic heterocycles. The van der Waals surface area contributed by atoms with E-state index in [0.717, 1.165) is 0 Å². The van der Waals surface area contributed by atoms with E-state index in [4.69, 9.17) is 0 Å². The summed E-state index contributed by atoms with van der Waals surface area (Å²) in [6, 6.07) is 0. The van der Waals surface area contributed by atoms with Crippen LogP contribution >= 0.6 is 43.6 Å². The summed E-state index contributed by atoms with van der Waals surface area (Å²) in [5.41, 5.74) is 0. The molecule has 4 heavy (non-hydrogen) atoms. The molecule has 0 unspecified atom stereocenters. The van der Waals surface area contributed by atoms with Crippen LogP contribution in [0.15, 0.2) is 0 Å². The van der Waals surface area contributed by atoms with E-state index in [0.29, 0.717) is 0 Å². The molecule has 0 saturated carbocycles. The summed E-state index contributed by atoms with van der Waals surface area (Å²) < 4.78 is 0.0604. The highest BCUT2D eigenvalue weighted by Crippen LogP contribution is 1.99. The molecule has 0 heterocycles. The molecule has 3 heteroatoms. The Balaban J connectivity index is 2.32. The van der Waals surface area contributed by atoms with Crippen molar-refractivity contribution in [1.82, 2.24) is 0 Å². The maximum absolute atomic E-state index is 2.43. The Kier molecular flexibility index (Phi) is 4.10. The minimum absolute atomic E-state index is 0.0604. The fourth-order valence-electron chi connectivity index (χ4n) is 0. The van der Waals surface area contributed by atoms with Gasteiger partial charge in [-0.05, 0) is 0 Å². The van der Waals surface area contributed by atoms with Crippen LogP contribution in [0.3, 0.4) is 0 Å². The molecule has 0 aromatic carbocycles. The smallest absolute Gasteiger partial charge is 0.107 e. The number of hydrogen-bond donors (Lipinski definition) is 0. The van der Waals surface area contributed by atoms with E-state index < -0.39 is 0 Å². The molecule has 0 bridgehead atoms. The zero-order chi connectivity index (χ0) is 3.58. The molecule has 0 aromatic rings. The van der Waals surface area contributed by atoms with E-state index in [1.54, 1.807) is 0 Å². The van der Waals surface area contributed by atoms with Gasteiger partial charge < -0.3 is 0 Å². The minimum atomic E-state index is 0.0604. The molecule has 25 valence electrons. The summed E-state index contributed by atoms with van der Waals surface area (Å²) in [7, 11) is 0. The van der Waals surface area contributed by atoms with Gasteiger partial charge in [0.1, 0.15) is 0 Å². The highest BCUT2D eigenvalue weighted by atomic mass is 127. The molecule has 0 amide bonds. The van der Waals surface area contributed by atoms with Crippen LogP contribution in [0.4, 0.5) is 0 Å². The van der Waals surface area contributed by atoms with Gasteiger partial charge in [-0.1, -0.05) is 6.55 Å². The standard InChI is InChI=1S/CH3I2Si/c1-4(2)3/h1H3. The number of hydrogen-bond acceptors (Lipinski definition) is 0. The van der Waals surface area contributed by atoms with Gasteiger partial charge >= 0.3 is 0 Å². The molecule has 0 N–H and O–H groups in total. The van der Waals surface area contributed by atoms with Gasteiger partial charge in [0.15, 0.2) is 0 Å². The van der Waals surface area contributed by atoms with E-state index in [2.05, 4.69) is 50.1 Å². The first-order chi connectivity index (χ1) is 1.73. The second-order valence-corrected chi connectivity index (χ2v) is 17.2. The first-order valence-electron chi connectivity index (χ1n) is 0.878. The van der Waals surface area contributed by atoms with E-state index in [9.17, 15) is 0 Å². The van der Waals surface area contributed by atoms with Gasteiger partial charge in [-0.25, -0.2) is 0 Å². The Morgan fingerprint density at radius 2 is 1.50 bits per heavy atom. The fraction of sp³-hybridized carbons (Fsp3) is 1.00. The maximum Gasteiger partial charge on any atom is 0.202 e. The number of rotatable bonds is 0. The average Bonchev–Trinajstić information content (AvgIpc) is 0.811. The first-order valence-corrected chi connectivity index (χ1v) is 9.11. The van der Waals surface area contributed by atoms with Crippen LogP contribution in [0.1, 0.15) is 0 Å². The van der Waals surface area contributed by atoms with Crippen molar-refractivity contribution in [2.75, 3.05) is 0 Å². The van der Waals surface area contributed by atoms with Crippen molar-refractivity contribution in [3.63, 3.8) is 0 Å². The SMILES string of the molecule is C[Si](I)I. The lowest BCUT2D eigenvalue weighted by molar-refractivity contribution is 2.38. The monoisotopic (exact) mass is 297 g/mol. The fourth-order valence-corrected chi connectivity index (χ4v) is 0. The second-order valence-electron chi connectivity index (χ2n) is 0.449. The van der Waals surface area contributed by atoms with Gasteiger partial charge in [0, 0.05) is 0 Å². The molecule has 0 aromatic heterocycles. The summed E-state index contributed by atoms with van der Waals surface area (Å²) in [5.74, 6) is 0. The summed E-state index contributed by atoms with van der Waals surface area (Å²) in [4.78, 5) is 0. The molecule has 0 nitrogen and oxygen atoms in total. The van der Waals surface area contributed by atoms with Crippen LogP contribution in [0.25, 0.3) is 0 Å². The van der Waals surface area contributed by atoms with E-state index in [1.165, 1.54) is 0 Å². The normalized spacial score (nSPS) is 9.00. The van der Waals surface area contributed by atoms with Crippen molar-refractivity contribution in [1.29, 1.82) is 0 Å². The second kappa shape index (κ2) is 2.89. The summed E-state index contributed by atoms with van der Waals surface area (Å²) >= 11 is 4.86. The molecular weight excluding hydrogens is 294 g/mol. The Morgan fingerprint density at radius 1 is 1.50 bits per heavy atom. The molecular formula is CH3I2Si. The Hall–Kier alpha value is 1.68. The minimum Gasteiger partial charge on any atom is -0.107 e. The first kappa shape index (κ1) is 5.68. The van der Waals surface area contributed by atoms with Gasteiger partial charge in [0.05, 0.1) is 0 Å². The average molecular weight is 297 g/mol. The molecule has 1 radical (unpaired) electrons. The highest BCUT2D eigenvalue weighted by molar-refractivity contribution is 14.3. The lowest BCUT2D eigenvalue weighted by atomic mass is 11.9. The summed E-state index contributed by atoms with van der Waals surface area (Å²) in [6.45, 7) is 2.24.